The summed E-state index contributed by atoms with van der Waals surface area (Å²) in [7, 11) is -3.43. The second-order valence-electron chi connectivity index (χ2n) is 5.85. The van der Waals surface area contributed by atoms with Crippen LogP contribution in [0.5, 0.6) is 0 Å². The molecule has 2 heterocycles. The lowest BCUT2D eigenvalue weighted by molar-refractivity contribution is 0.288. The van der Waals surface area contributed by atoms with Crippen molar-refractivity contribution in [3.8, 4) is 0 Å². The summed E-state index contributed by atoms with van der Waals surface area (Å²) in [5, 5.41) is 4.38. The number of sulfonamides is 1. The van der Waals surface area contributed by atoms with Gasteiger partial charge in [0.25, 0.3) is 0 Å². The maximum absolute atomic E-state index is 12.9. The average molecular weight is 334 g/mol. The molecule has 0 unspecified atom stereocenters. The van der Waals surface area contributed by atoms with Crippen molar-refractivity contribution in [3.05, 3.63) is 11.4 Å². The van der Waals surface area contributed by atoms with Crippen molar-refractivity contribution < 1.29 is 8.42 Å². The van der Waals surface area contributed by atoms with Crippen LogP contribution < -0.4 is 0 Å². The summed E-state index contributed by atoms with van der Waals surface area (Å²) < 4.78 is 29.1. The molecule has 1 fully saturated rings. The van der Waals surface area contributed by atoms with Crippen LogP contribution in [-0.4, -0.2) is 41.5 Å². The van der Waals surface area contributed by atoms with Gasteiger partial charge in [-0.05, 0) is 39.0 Å². The first-order chi connectivity index (χ1) is 9.87. The number of hydrogen-bond acceptors (Lipinski definition) is 3. The lowest BCUT2D eigenvalue weighted by atomic mass is 10.0. The summed E-state index contributed by atoms with van der Waals surface area (Å²) in [4.78, 5) is 0.381. The van der Waals surface area contributed by atoms with Gasteiger partial charge in [-0.3, -0.25) is 4.68 Å². The minimum absolute atomic E-state index is 0.381. The Morgan fingerprint density at radius 3 is 2.48 bits per heavy atom. The van der Waals surface area contributed by atoms with Gasteiger partial charge >= 0.3 is 0 Å². The first-order valence-corrected chi connectivity index (χ1v) is 9.45. The summed E-state index contributed by atoms with van der Waals surface area (Å²) >= 11 is 5.71. The minimum atomic E-state index is -3.43. The van der Waals surface area contributed by atoms with Crippen molar-refractivity contribution >= 4 is 21.6 Å². The van der Waals surface area contributed by atoms with Crippen LogP contribution in [0.3, 0.4) is 0 Å². The number of nitrogens with zero attached hydrogens (tertiary/aromatic N) is 3. The fourth-order valence-electron chi connectivity index (χ4n) is 2.84. The van der Waals surface area contributed by atoms with Gasteiger partial charge in [0.05, 0.1) is 11.4 Å². The third kappa shape index (κ3) is 3.43. The van der Waals surface area contributed by atoms with Gasteiger partial charge in [-0.15, -0.1) is 11.6 Å². The molecule has 5 nitrogen and oxygen atoms in total. The van der Waals surface area contributed by atoms with Gasteiger partial charge in [0.2, 0.25) is 10.0 Å². The van der Waals surface area contributed by atoms with Crippen LogP contribution in [-0.2, 0) is 16.6 Å². The highest BCUT2D eigenvalue weighted by Crippen LogP contribution is 2.27. The van der Waals surface area contributed by atoms with Gasteiger partial charge < -0.3 is 0 Å². The SMILES string of the molecule is Cc1nn(CCCCl)c(C)c1S(=O)(=O)N1CCC(C)CC1. The Kier molecular flexibility index (Phi) is 5.33. The number of alkyl halides is 1. The van der Waals surface area contributed by atoms with Crippen LogP contribution in [0.4, 0.5) is 0 Å². The zero-order valence-corrected chi connectivity index (χ0v) is 14.5. The molecule has 0 radical (unpaired) electrons. The topological polar surface area (TPSA) is 55.2 Å². The van der Waals surface area contributed by atoms with E-state index in [0.29, 0.717) is 42.0 Å². The molecular formula is C14H24ClN3O2S. The van der Waals surface area contributed by atoms with E-state index in [4.69, 9.17) is 11.6 Å². The zero-order chi connectivity index (χ0) is 15.6. The largest absolute Gasteiger partial charge is 0.268 e. The number of rotatable bonds is 5. The van der Waals surface area contributed by atoms with E-state index in [0.717, 1.165) is 25.0 Å². The van der Waals surface area contributed by atoms with Gasteiger partial charge in [-0.25, -0.2) is 8.42 Å². The fourth-order valence-corrected chi connectivity index (χ4v) is 4.80. The highest BCUT2D eigenvalue weighted by atomic mass is 35.5. The van der Waals surface area contributed by atoms with Crippen LogP contribution in [0, 0.1) is 19.8 Å². The normalized spacial score (nSPS) is 18.3. The Balaban J connectivity index is 2.29. The molecule has 21 heavy (non-hydrogen) atoms. The highest BCUT2D eigenvalue weighted by molar-refractivity contribution is 7.89. The molecule has 1 aromatic rings. The molecule has 0 spiro atoms. The molecule has 0 atom stereocenters. The van der Waals surface area contributed by atoms with Crippen molar-refractivity contribution in [2.75, 3.05) is 19.0 Å². The molecule has 0 saturated carbocycles. The molecule has 120 valence electrons. The Labute approximate surface area is 132 Å². The molecule has 1 aliphatic heterocycles. The second-order valence-corrected chi connectivity index (χ2v) is 8.10. The number of piperidine rings is 1. The van der Waals surface area contributed by atoms with Crippen molar-refractivity contribution in [1.82, 2.24) is 14.1 Å². The number of hydrogen-bond donors (Lipinski definition) is 0. The van der Waals surface area contributed by atoms with Crippen LogP contribution in [0.2, 0.25) is 0 Å². The van der Waals surface area contributed by atoms with Gasteiger partial charge in [-0.2, -0.15) is 9.40 Å². The van der Waals surface area contributed by atoms with E-state index in [2.05, 4.69) is 12.0 Å². The van der Waals surface area contributed by atoms with E-state index >= 15 is 0 Å². The summed E-state index contributed by atoms with van der Waals surface area (Å²) in [6.45, 7) is 7.63. The van der Waals surface area contributed by atoms with Crippen molar-refractivity contribution in [2.45, 2.75) is 51.5 Å². The molecule has 7 heteroatoms. The highest BCUT2D eigenvalue weighted by Gasteiger charge is 2.32. The third-order valence-electron chi connectivity index (χ3n) is 4.16. The first-order valence-electron chi connectivity index (χ1n) is 7.48. The van der Waals surface area contributed by atoms with E-state index in [-0.39, 0.29) is 0 Å². The average Bonchev–Trinajstić information content (AvgIpc) is 2.72. The van der Waals surface area contributed by atoms with Crippen LogP contribution >= 0.6 is 11.6 Å². The number of aromatic nitrogens is 2. The third-order valence-corrected chi connectivity index (χ3v) is 6.58. The predicted octanol–water partition coefficient (Wildman–Crippen LogP) is 2.55. The van der Waals surface area contributed by atoms with Crippen LogP contribution in [0.1, 0.15) is 37.6 Å². The van der Waals surface area contributed by atoms with E-state index < -0.39 is 10.0 Å². The number of halogens is 1. The Hall–Kier alpha value is -0.590. The first kappa shape index (κ1) is 16.8. The van der Waals surface area contributed by atoms with Crippen LogP contribution in [0.25, 0.3) is 0 Å². The lowest BCUT2D eigenvalue weighted by Gasteiger charge is -2.29. The van der Waals surface area contributed by atoms with Crippen molar-refractivity contribution in [2.24, 2.45) is 5.92 Å². The molecule has 1 aromatic heterocycles. The summed E-state index contributed by atoms with van der Waals surface area (Å²) in [5.41, 5.74) is 1.30. The molecule has 0 bridgehead atoms. The van der Waals surface area contributed by atoms with Crippen LogP contribution in [0.15, 0.2) is 4.90 Å². The zero-order valence-electron chi connectivity index (χ0n) is 13.0. The molecule has 0 aliphatic carbocycles. The predicted molar refractivity (Wildman–Crippen MR) is 84.2 cm³/mol. The van der Waals surface area contributed by atoms with E-state index in [1.54, 1.807) is 15.9 Å². The summed E-state index contributed by atoms with van der Waals surface area (Å²) in [5.74, 6) is 1.15. The van der Waals surface area contributed by atoms with E-state index in [1.165, 1.54) is 0 Å². The standard InChI is InChI=1S/C14H24ClN3O2S/c1-11-5-9-17(10-6-11)21(19,20)14-12(2)16-18(13(14)3)8-4-7-15/h11H,4-10H2,1-3H3. The van der Waals surface area contributed by atoms with Gasteiger partial charge in [0.15, 0.2) is 0 Å². The molecule has 0 aromatic carbocycles. The summed E-state index contributed by atoms with van der Waals surface area (Å²) in [6.07, 6.45) is 2.64. The molecular weight excluding hydrogens is 310 g/mol. The summed E-state index contributed by atoms with van der Waals surface area (Å²) in [6, 6.07) is 0. The van der Waals surface area contributed by atoms with Crippen molar-refractivity contribution in [3.63, 3.8) is 0 Å². The molecule has 1 saturated heterocycles. The maximum atomic E-state index is 12.9. The van der Waals surface area contributed by atoms with Gasteiger partial charge in [-0.1, -0.05) is 6.92 Å². The van der Waals surface area contributed by atoms with Gasteiger partial charge in [0, 0.05) is 25.5 Å². The quantitative estimate of drug-likeness (QED) is 0.778. The molecule has 1 aliphatic rings. The fraction of sp³-hybridized carbons (Fsp3) is 0.786. The minimum Gasteiger partial charge on any atom is -0.268 e. The maximum Gasteiger partial charge on any atom is 0.246 e. The molecule has 0 N–H and O–H groups in total. The number of aryl methyl sites for hydroxylation is 2. The molecule has 0 amide bonds. The van der Waals surface area contributed by atoms with Gasteiger partial charge in [0.1, 0.15) is 4.90 Å². The second kappa shape index (κ2) is 6.67. The van der Waals surface area contributed by atoms with E-state index in [9.17, 15) is 8.42 Å². The Bertz CT molecular complexity index is 590. The van der Waals surface area contributed by atoms with Crippen molar-refractivity contribution in [1.29, 1.82) is 0 Å². The van der Waals surface area contributed by atoms with E-state index in [1.807, 2.05) is 6.92 Å². The smallest absolute Gasteiger partial charge is 0.246 e. The monoisotopic (exact) mass is 333 g/mol. The lowest BCUT2D eigenvalue weighted by Crippen LogP contribution is -2.38. The molecule has 2 rings (SSSR count). The Morgan fingerprint density at radius 1 is 1.29 bits per heavy atom. The Morgan fingerprint density at radius 2 is 1.90 bits per heavy atom.